The van der Waals surface area contributed by atoms with Crippen molar-refractivity contribution in [3.63, 3.8) is 0 Å². The van der Waals surface area contributed by atoms with Crippen LogP contribution in [0.25, 0.3) is 0 Å². The van der Waals surface area contributed by atoms with E-state index in [1.165, 1.54) is 23.5 Å². The number of alkyl halides is 3. The van der Waals surface area contributed by atoms with Gasteiger partial charge in [0.1, 0.15) is 10.6 Å². The standard InChI is InChI=1S/C16H15F3N2O4S/c1-8-14(26-9(2)20-8)15(24)21-12(7-13(22)23)10-3-5-11(6-4-10)25-16(17,18)19/h3-6,12H,7H2,1-2H3,(H,21,24)(H,22,23). The summed E-state index contributed by atoms with van der Waals surface area (Å²) in [5.41, 5.74) is 0.863. The number of hydrogen-bond donors (Lipinski definition) is 2. The molecule has 0 aliphatic heterocycles. The van der Waals surface area contributed by atoms with Gasteiger partial charge in [0.15, 0.2) is 0 Å². The first-order valence-electron chi connectivity index (χ1n) is 7.37. The zero-order valence-electron chi connectivity index (χ0n) is 13.8. The Morgan fingerprint density at radius 2 is 1.88 bits per heavy atom. The van der Waals surface area contributed by atoms with Gasteiger partial charge in [0.05, 0.1) is 23.2 Å². The lowest BCUT2D eigenvalue weighted by Crippen LogP contribution is -2.30. The lowest BCUT2D eigenvalue weighted by Gasteiger charge is -2.18. The number of thiazole rings is 1. The highest BCUT2D eigenvalue weighted by Gasteiger charge is 2.31. The van der Waals surface area contributed by atoms with Gasteiger partial charge in [-0.15, -0.1) is 24.5 Å². The number of nitrogens with zero attached hydrogens (tertiary/aromatic N) is 1. The zero-order valence-corrected chi connectivity index (χ0v) is 14.6. The number of carboxylic acid groups (broad SMARTS) is 1. The van der Waals surface area contributed by atoms with Gasteiger partial charge in [0.2, 0.25) is 0 Å². The number of amides is 1. The molecule has 0 fully saturated rings. The Labute approximate surface area is 150 Å². The largest absolute Gasteiger partial charge is 0.573 e. The van der Waals surface area contributed by atoms with Gasteiger partial charge in [-0.3, -0.25) is 9.59 Å². The van der Waals surface area contributed by atoms with E-state index in [-0.39, 0.29) is 0 Å². The molecule has 0 saturated carbocycles. The minimum atomic E-state index is -4.82. The van der Waals surface area contributed by atoms with Crippen molar-refractivity contribution >= 4 is 23.2 Å². The van der Waals surface area contributed by atoms with E-state index in [0.717, 1.165) is 12.1 Å². The molecule has 0 aliphatic rings. The average Bonchev–Trinajstić information content (AvgIpc) is 2.84. The summed E-state index contributed by atoms with van der Waals surface area (Å²) in [7, 11) is 0. The number of aryl methyl sites for hydroxylation is 2. The number of carbonyl (C=O) groups is 2. The number of benzene rings is 1. The van der Waals surface area contributed by atoms with E-state index in [2.05, 4.69) is 15.0 Å². The molecule has 1 unspecified atom stereocenters. The number of aliphatic carboxylic acids is 1. The van der Waals surface area contributed by atoms with Crippen molar-refractivity contribution in [2.45, 2.75) is 32.7 Å². The van der Waals surface area contributed by atoms with E-state index < -0.39 is 36.5 Å². The summed E-state index contributed by atoms with van der Waals surface area (Å²) >= 11 is 1.17. The van der Waals surface area contributed by atoms with Gasteiger partial charge in [-0.2, -0.15) is 0 Å². The van der Waals surface area contributed by atoms with Crippen LogP contribution in [-0.2, 0) is 4.79 Å². The zero-order chi connectivity index (χ0) is 19.5. The highest BCUT2D eigenvalue weighted by Crippen LogP contribution is 2.26. The molecule has 0 bridgehead atoms. The van der Waals surface area contributed by atoms with Crippen LogP contribution < -0.4 is 10.1 Å². The van der Waals surface area contributed by atoms with Crippen molar-refractivity contribution in [2.75, 3.05) is 0 Å². The summed E-state index contributed by atoms with van der Waals surface area (Å²) in [6, 6.07) is 3.76. The van der Waals surface area contributed by atoms with Gasteiger partial charge in [0, 0.05) is 0 Å². The number of aromatic nitrogens is 1. The van der Waals surface area contributed by atoms with Gasteiger partial charge < -0.3 is 15.2 Å². The van der Waals surface area contributed by atoms with Crippen LogP contribution in [0.3, 0.4) is 0 Å². The van der Waals surface area contributed by atoms with Crippen molar-refractivity contribution in [2.24, 2.45) is 0 Å². The van der Waals surface area contributed by atoms with E-state index in [4.69, 9.17) is 5.11 Å². The third-order valence-electron chi connectivity index (χ3n) is 3.31. The molecule has 140 valence electrons. The van der Waals surface area contributed by atoms with Crippen LogP contribution in [0.2, 0.25) is 0 Å². The predicted molar refractivity (Wildman–Crippen MR) is 87.2 cm³/mol. The van der Waals surface area contributed by atoms with Crippen LogP contribution in [0.1, 0.15) is 38.4 Å². The number of carboxylic acids is 1. The third-order valence-corrected chi connectivity index (χ3v) is 4.38. The average molecular weight is 388 g/mol. The van der Waals surface area contributed by atoms with Gasteiger partial charge >= 0.3 is 12.3 Å². The van der Waals surface area contributed by atoms with Crippen LogP contribution in [0.15, 0.2) is 24.3 Å². The molecule has 0 spiro atoms. The van der Waals surface area contributed by atoms with Gasteiger partial charge in [-0.05, 0) is 31.5 Å². The molecule has 2 rings (SSSR count). The minimum absolute atomic E-state index is 0.342. The summed E-state index contributed by atoms with van der Waals surface area (Å²) in [5.74, 6) is -2.09. The third kappa shape index (κ3) is 5.45. The first-order chi connectivity index (χ1) is 12.0. The quantitative estimate of drug-likeness (QED) is 0.789. The summed E-state index contributed by atoms with van der Waals surface area (Å²) < 4.78 is 40.4. The van der Waals surface area contributed by atoms with E-state index in [9.17, 15) is 22.8 Å². The van der Waals surface area contributed by atoms with Gasteiger partial charge in [-0.25, -0.2) is 4.98 Å². The number of rotatable bonds is 6. The predicted octanol–water partition coefficient (Wildman–Crippen LogP) is 3.60. The Balaban J connectivity index is 2.20. The van der Waals surface area contributed by atoms with Crippen molar-refractivity contribution in [3.05, 3.63) is 45.4 Å². The second-order valence-electron chi connectivity index (χ2n) is 5.39. The van der Waals surface area contributed by atoms with Crippen LogP contribution >= 0.6 is 11.3 Å². The smallest absolute Gasteiger partial charge is 0.481 e. The summed E-state index contributed by atoms with van der Waals surface area (Å²) in [5, 5.41) is 12.3. The number of nitrogens with one attached hydrogen (secondary N) is 1. The lowest BCUT2D eigenvalue weighted by molar-refractivity contribution is -0.274. The molecule has 2 N–H and O–H groups in total. The fourth-order valence-corrected chi connectivity index (χ4v) is 3.12. The molecule has 2 aromatic rings. The van der Waals surface area contributed by atoms with Crippen molar-refractivity contribution < 1.29 is 32.6 Å². The van der Waals surface area contributed by atoms with Crippen LogP contribution in [0, 0.1) is 13.8 Å². The first kappa shape index (κ1) is 19.7. The maximum Gasteiger partial charge on any atom is 0.573 e. The highest BCUT2D eigenvalue weighted by atomic mass is 32.1. The number of hydrogen-bond acceptors (Lipinski definition) is 5. The monoisotopic (exact) mass is 388 g/mol. The molecule has 1 atom stereocenters. The Kier molecular flexibility index (Phi) is 5.86. The molecule has 1 aromatic carbocycles. The second-order valence-corrected chi connectivity index (χ2v) is 6.59. The van der Waals surface area contributed by atoms with Crippen molar-refractivity contribution in [1.29, 1.82) is 0 Å². The highest BCUT2D eigenvalue weighted by molar-refractivity contribution is 7.13. The Morgan fingerprint density at radius 3 is 2.35 bits per heavy atom. The topological polar surface area (TPSA) is 88.5 Å². The molecule has 26 heavy (non-hydrogen) atoms. The molecule has 1 heterocycles. The SMILES string of the molecule is Cc1nc(C)c(C(=O)NC(CC(=O)O)c2ccc(OC(F)(F)F)cc2)s1. The molecule has 1 amide bonds. The molecule has 0 saturated heterocycles. The summed E-state index contributed by atoms with van der Waals surface area (Å²) in [6.07, 6.45) is -5.25. The van der Waals surface area contributed by atoms with Crippen molar-refractivity contribution in [3.8, 4) is 5.75 Å². The number of carbonyl (C=O) groups excluding carboxylic acids is 1. The molecular weight excluding hydrogens is 373 g/mol. The number of halogens is 3. The Bertz CT molecular complexity index is 803. The van der Waals surface area contributed by atoms with Gasteiger partial charge in [0.25, 0.3) is 5.91 Å². The molecule has 0 radical (unpaired) electrons. The fourth-order valence-electron chi connectivity index (χ4n) is 2.29. The maximum atomic E-state index is 12.4. The van der Waals surface area contributed by atoms with Gasteiger partial charge in [-0.1, -0.05) is 12.1 Å². The molecule has 6 nitrogen and oxygen atoms in total. The maximum absolute atomic E-state index is 12.4. The van der Waals surface area contributed by atoms with E-state index in [1.807, 2.05) is 0 Å². The fraction of sp³-hybridized carbons (Fsp3) is 0.312. The summed E-state index contributed by atoms with van der Waals surface area (Å²) in [6.45, 7) is 3.40. The Morgan fingerprint density at radius 1 is 1.27 bits per heavy atom. The van der Waals surface area contributed by atoms with Crippen LogP contribution in [0.5, 0.6) is 5.75 Å². The minimum Gasteiger partial charge on any atom is -0.481 e. The van der Waals surface area contributed by atoms with Crippen molar-refractivity contribution in [1.82, 2.24) is 10.3 Å². The van der Waals surface area contributed by atoms with Crippen LogP contribution in [-0.4, -0.2) is 28.3 Å². The van der Waals surface area contributed by atoms with Crippen LogP contribution in [0.4, 0.5) is 13.2 Å². The molecule has 10 heteroatoms. The van der Waals surface area contributed by atoms with E-state index in [0.29, 0.717) is 21.1 Å². The first-order valence-corrected chi connectivity index (χ1v) is 8.19. The molecule has 1 aromatic heterocycles. The Hall–Kier alpha value is -2.62. The second kappa shape index (κ2) is 7.73. The summed E-state index contributed by atoms with van der Waals surface area (Å²) in [4.78, 5) is 28.0. The van der Waals surface area contributed by atoms with E-state index >= 15 is 0 Å². The van der Waals surface area contributed by atoms with E-state index in [1.54, 1.807) is 13.8 Å². The molecular formula is C16H15F3N2O4S. The lowest BCUT2D eigenvalue weighted by atomic mass is 10.0. The number of ether oxygens (including phenoxy) is 1. The normalized spacial score (nSPS) is 12.5. The molecule has 0 aliphatic carbocycles.